The van der Waals surface area contributed by atoms with Gasteiger partial charge in [-0.1, -0.05) is 12.1 Å². The number of piperazine rings is 1. The van der Waals surface area contributed by atoms with Crippen LogP contribution in [0.2, 0.25) is 0 Å². The normalized spacial score (nSPS) is 17.2. The molecule has 0 saturated carbocycles. The van der Waals surface area contributed by atoms with Gasteiger partial charge in [-0.15, -0.1) is 0 Å². The van der Waals surface area contributed by atoms with Crippen LogP contribution in [0.3, 0.4) is 0 Å². The van der Waals surface area contributed by atoms with Gasteiger partial charge < -0.3 is 4.90 Å². The monoisotopic (exact) mass is 449 g/mol. The van der Waals surface area contributed by atoms with E-state index in [0.29, 0.717) is 50.3 Å². The lowest BCUT2D eigenvalue weighted by Crippen LogP contribution is -2.47. The first kappa shape index (κ1) is 22.3. The summed E-state index contributed by atoms with van der Waals surface area (Å²) < 4.78 is 52.9. The number of alkyl halides is 3. The van der Waals surface area contributed by atoms with Gasteiger partial charge >= 0.3 is 6.18 Å². The lowest BCUT2D eigenvalue weighted by molar-refractivity contribution is -0.137. The molecule has 0 unspecified atom stereocenters. The molecule has 1 saturated heterocycles. The molecule has 0 radical (unpaired) electrons. The maximum atomic E-state index is 14.1. The Hall–Kier alpha value is -2.94. The minimum atomic E-state index is -4.51. The number of benzene rings is 2. The first-order valence-electron chi connectivity index (χ1n) is 10.5. The molecule has 2 aliphatic rings. The lowest BCUT2D eigenvalue weighted by atomic mass is 10.1. The number of hydrogen-bond acceptors (Lipinski definition) is 4. The second kappa shape index (κ2) is 8.90. The van der Waals surface area contributed by atoms with Crippen molar-refractivity contribution in [3.05, 3.63) is 65.0 Å². The van der Waals surface area contributed by atoms with Crippen LogP contribution in [0.1, 0.15) is 39.1 Å². The molecule has 5 nitrogen and oxygen atoms in total. The van der Waals surface area contributed by atoms with Gasteiger partial charge in [-0.05, 0) is 49.7 Å². The standard InChI is InChI=1S/C23H23F4N3O2/c24-19-8-7-16(23(25,26)27)15-20(19)29-13-11-28(12-14-29)9-3-4-10-30-21(31)17-5-1-2-6-18(17)22(30)32/h1-2,5-8,15H,3-4,9-14H2. The number of carbonyl (C=O) groups excluding carboxylic acids is 2. The van der Waals surface area contributed by atoms with Crippen molar-refractivity contribution in [2.75, 3.05) is 44.2 Å². The third kappa shape index (κ3) is 4.48. The number of carbonyl (C=O) groups is 2. The number of unbranched alkanes of at least 4 members (excludes halogenated alkanes) is 1. The molecule has 1 fully saturated rings. The van der Waals surface area contributed by atoms with E-state index in [-0.39, 0.29) is 17.5 Å². The van der Waals surface area contributed by atoms with Crippen molar-refractivity contribution in [3.8, 4) is 0 Å². The summed E-state index contributed by atoms with van der Waals surface area (Å²) in [5.41, 5.74) is 0.000444. The molecule has 2 aromatic rings. The summed E-state index contributed by atoms with van der Waals surface area (Å²) in [6.45, 7) is 3.14. The summed E-state index contributed by atoms with van der Waals surface area (Å²) in [5, 5.41) is 0. The predicted molar refractivity (Wildman–Crippen MR) is 111 cm³/mol. The maximum Gasteiger partial charge on any atom is 0.416 e. The topological polar surface area (TPSA) is 43.9 Å². The van der Waals surface area contributed by atoms with Crippen molar-refractivity contribution in [1.29, 1.82) is 0 Å². The van der Waals surface area contributed by atoms with Crippen LogP contribution < -0.4 is 4.90 Å². The molecular weight excluding hydrogens is 426 g/mol. The lowest BCUT2D eigenvalue weighted by Gasteiger charge is -2.36. The fourth-order valence-corrected chi connectivity index (χ4v) is 4.19. The van der Waals surface area contributed by atoms with E-state index in [4.69, 9.17) is 0 Å². The molecule has 9 heteroatoms. The zero-order valence-corrected chi connectivity index (χ0v) is 17.4. The third-order valence-electron chi connectivity index (χ3n) is 5.97. The van der Waals surface area contributed by atoms with Crippen molar-refractivity contribution < 1.29 is 27.2 Å². The molecular formula is C23H23F4N3O2. The molecule has 0 N–H and O–H groups in total. The highest BCUT2D eigenvalue weighted by atomic mass is 19.4. The van der Waals surface area contributed by atoms with Gasteiger partial charge in [0.25, 0.3) is 11.8 Å². The van der Waals surface area contributed by atoms with E-state index < -0.39 is 17.6 Å². The number of halogens is 4. The van der Waals surface area contributed by atoms with Crippen LogP contribution in [0.4, 0.5) is 23.2 Å². The SMILES string of the molecule is O=C1c2ccccc2C(=O)N1CCCCN1CCN(c2cc(C(F)(F)F)ccc2F)CC1. The average molecular weight is 449 g/mol. The Morgan fingerprint density at radius 3 is 2.00 bits per heavy atom. The Morgan fingerprint density at radius 2 is 1.41 bits per heavy atom. The predicted octanol–water partition coefficient (Wildman–Crippen LogP) is 4.04. The number of nitrogens with zero attached hydrogens (tertiary/aromatic N) is 3. The van der Waals surface area contributed by atoms with E-state index in [2.05, 4.69) is 4.90 Å². The van der Waals surface area contributed by atoms with Crippen LogP contribution >= 0.6 is 0 Å². The average Bonchev–Trinajstić information content (AvgIpc) is 3.01. The Labute approximate surface area is 183 Å². The molecule has 2 heterocycles. The number of anilines is 1. The number of rotatable bonds is 6. The third-order valence-corrected chi connectivity index (χ3v) is 5.97. The molecule has 2 aromatic carbocycles. The Kier molecular flexibility index (Phi) is 6.19. The molecule has 0 bridgehead atoms. The van der Waals surface area contributed by atoms with Crippen LogP contribution in [-0.2, 0) is 6.18 Å². The van der Waals surface area contributed by atoms with Crippen molar-refractivity contribution >= 4 is 17.5 Å². The van der Waals surface area contributed by atoms with Crippen molar-refractivity contribution in [1.82, 2.24) is 9.80 Å². The summed E-state index contributed by atoms with van der Waals surface area (Å²) in [6.07, 6.45) is -3.08. The molecule has 0 spiro atoms. The van der Waals surface area contributed by atoms with E-state index in [0.717, 1.165) is 31.2 Å². The summed E-state index contributed by atoms with van der Waals surface area (Å²) >= 11 is 0. The summed E-state index contributed by atoms with van der Waals surface area (Å²) in [4.78, 5) is 29.8. The maximum absolute atomic E-state index is 14.1. The van der Waals surface area contributed by atoms with E-state index >= 15 is 0 Å². The molecule has 32 heavy (non-hydrogen) atoms. The van der Waals surface area contributed by atoms with Gasteiger partial charge in [-0.2, -0.15) is 13.2 Å². The number of imide groups is 1. The van der Waals surface area contributed by atoms with Gasteiger partial charge in [0.2, 0.25) is 0 Å². The van der Waals surface area contributed by atoms with Gasteiger partial charge in [-0.25, -0.2) is 4.39 Å². The molecule has 2 aliphatic heterocycles. The van der Waals surface area contributed by atoms with Crippen LogP contribution in [0.5, 0.6) is 0 Å². The van der Waals surface area contributed by atoms with E-state index in [1.54, 1.807) is 29.2 Å². The molecule has 4 rings (SSSR count). The smallest absolute Gasteiger partial charge is 0.367 e. The molecule has 2 amide bonds. The van der Waals surface area contributed by atoms with Crippen LogP contribution in [-0.4, -0.2) is 60.9 Å². The Balaban J connectivity index is 1.24. The highest BCUT2D eigenvalue weighted by molar-refractivity contribution is 6.21. The summed E-state index contributed by atoms with van der Waals surface area (Å²) in [5.74, 6) is -1.18. The fraction of sp³-hybridized carbons (Fsp3) is 0.391. The molecule has 170 valence electrons. The van der Waals surface area contributed by atoms with Crippen LogP contribution in [0.15, 0.2) is 42.5 Å². The quantitative estimate of drug-likeness (QED) is 0.379. The zero-order valence-electron chi connectivity index (χ0n) is 17.4. The van der Waals surface area contributed by atoms with Crippen LogP contribution in [0, 0.1) is 5.82 Å². The van der Waals surface area contributed by atoms with Crippen molar-refractivity contribution in [2.45, 2.75) is 19.0 Å². The first-order chi connectivity index (χ1) is 15.3. The number of hydrogen-bond donors (Lipinski definition) is 0. The Morgan fingerprint density at radius 1 is 0.812 bits per heavy atom. The highest BCUT2D eigenvalue weighted by Gasteiger charge is 2.35. The summed E-state index contributed by atoms with van der Waals surface area (Å²) in [6, 6.07) is 9.27. The van der Waals surface area contributed by atoms with Gasteiger partial charge in [0.1, 0.15) is 5.82 Å². The fourth-order valence-electron chi connectivity index (χ4n) is 4.19. The molecule has 0 atom stereocenters. The second-order valence-corrected chi connectivity index (χ2v) is 8.01. The molecule has 0 aromatic heterocycles. The van der Waals surface area contributed by atoms with Crippen molar-refractivity contribution in [3.63, 3.8) is 0 Å². The van der Waals surface area contributed by atoms with E-state index in [1.807, 2.05) is 0 Å². The van der Waals surface area contributed by atoms with Crippen molar-refractivity contribution in [2.24, 2.45) is 0 Å². The largest absolute Gasteiger partial charge is 0.416 e. The van der Waals surface area contributed by atoms with Gasteiger partial charge in [-0.3, -0.25) is 19.4 Å². The highest BCUT2D eigenvalue weighted by Crippen LogP contribution is 2.33. The van der Waals surface area contributed by atoms with Gasteiger partial charge in [0.05, 0.1) is 22.4 Å². The minimum absolute atomic E-state index is 0.0231. The number of fused-ring (bicyclic) bond motifs is 1. The van der Waals surface area contributed by atoms with Gasteiger partial charge in [0.15, 0.2) is 0 Å². The first-order valence-corrected chi connectivity index (χ1v) is 10.5. The zero-order chi connectivity index (χ0) is 22.9. The van der Waals surface area contributed by atoms with E-state index in [9.17, 15) is 27.2 Å². The second-order valence-electron chi connectivity index (χ2n) is 8.01. The van der Waals surface area contributed by atoms with Crippen LogP contribution in [0.25, 0.3) is 0 Å². The molecule has 0 aliphatic carbocycles. The minimum Gasteiger partial charge on any atom is -0.367 e. The van der Waals surface area contributed by atoms with Gasteiger partial charge in [0, 0.05) is 32.7 Å². The van der Waals surface area contributed by atoms with E-state index in [1.165, 1.54) is 4.90 Å². The Bertz CT molecular complexity index is 982. The summed E-state index contributed by atoms with van der Waals surface area (Å²) in [7, 11) is 0. The number of amides is 2.